The summed E-state index contributed by atoms with van der Waals surface area (Å²) in [6.07, 6.45) is 5.13. The molecule has 2 aliphatic heterocycles. The van der Waals surface area contributed by atoms with E-state index in [4.69, 9.17) is 32.7 Å². The number of carbonyl (C=O) groups is 1. The molecule has 0 aliphatic carbocycles. The highest BCUT2D eigenvalue weighted by Crippen LogP contribution is 2.33. The molecule has 0 bridgehead atoms. The van der Waals surface area contributed by atoms with E-state index in [9.17, 15) is 14.9 Å². The fourth-order valence-electron chi connectivity index (χ4n) is 4.99. The van der Waals surface area contributed by atoms with E-state index >= 15 is 0 Å². The summed E-state index contributed by atoms with van der Waals surface area (Å²) in [6.45, 7) is 13.1. The van der Waals surface area contributed by atoms with Crippen molar-refractivity contribution in [1.82, 2.24) is 9.80 Å². The fourth-order valence-corrected chi connectivity index (χ4v) is 5.28. The number of ether oxygens (including phenoxy) is 2. The average Bonchev–Trinajstić information content (AvgIpc) is 2.98. The van der Waals surface area contributed by atoms with Crippen LogP contribution in [0.4, 0.5) is 11.4 Å². The number of hydrogen-bond acceptors (Lipinski definition) is 7. The third kappa shape index (κ3) is 8.38. The van der Waals surface area contributed by atoms with Crippen LogP contribution in [0.5, 0.6) is 11.5 Å². The van der Waals surface area contributed by atoms with Gasteiger partial charge >= 0.3 is 5.69 Å². The highest BCUT2D eigenvalue weighted by molar-refractivity contribution is 6.42. The zero-order chi connectivity index (χ0) is 29.4. The van der Waals surface area contributed by atoms with E-state index in [0.717, 1.165) is 38.4 Å². The second kappa shape index (κ2) is 14.6. The van der Waals surface area contributed by atoms with Crippen LogP contribution in [-0.4, -0.2) is 79.2 Å². The Morgan fingerprint density at radius 2 is 1.73 bits per heavy atom. The molecule has 0 atom stereocenters. The number of piperazine rings is 1. The van der Waals surface area contributed by atoms with Crippen molar-refractivity contribution in [3.05, 3.63) is 81.9 Å². The van der Waals surface area contributed by atoms with Gasteiger partial charge in [0.1, 0.15) is 11.9 Å². The van der Waals surface area contributed by atoms with E-state index in [0.29, 0.717) is 48.1 Å². The van der Waals surface area contributed by atoms with E-state index in [1.165, 1.54) is 6.07 Å². The number of likely N-dealkylation sites (tertiary alicyclic amines) is 1. The summed E-state index contributed by atoms with van der Waals surface area (Å²) < 4.78 is 11.8. The van der Waals surface area contributed by atoms with Crippen LogP contribution in [0.15, 0.2) is 61.7 Å². The third-order valence-corrected chi connectivity index (χ3v) is 8.28. The van der Waals surface area contributed by atoms with Gasteiger partial charge in [0.2, 0.25) is 11.7 Å². The molecule has 11 heteroatoms. The number of halogens is 2. The molecule has 0 spiro atoms. The zero-order valence-electron chi connectivity index (χ0n) is 23.1. The van der Waals surface area contributed by atoms with E-state index in [1.54, 1.807) is 24.3 Å². The summed E-state index contributed by atoms with van der Waals surface area (Å²) in [4.78, 5) is 30.4. The number of benzene rings is 2. The van der Waals surface area contributed by atoms with Crippen molar-refractivity contribution < 1.29 is 19.2 Å². The predicted molar refractivity (Wildman–Crippen MR) is 162 cm³/mol. The summed E-state index contributed by atoms with van der Waals surface area (Å²) in [7, 11) is 0. The minimum Gasteiger partial charge on any atom is -0.490 e. The van der Waals surface area contributed by atoms with Gasteiger partial charge in [-0.2, -0.15) is 0 Å². The highest BCUT2D eigenvalue weighted by Gasteiger charge is 2.26. The number of nitrogens with zero attached hydrogens (tertiary/aromatic N) is 4. The van der Waals surface area contributed by atoms with Crippen LogP contribution >= 0.6 is 23.2 Å². The van der Waals surface area contributed by atoms with Gasteiger partial charge in [0, 0.05) is 88.8 Å². The summed E-state index contributed by atoms with van der Waals surface area (Å²) in [5.74, 6) is 0.677. The molecule has 0 aromatic heterocycles. The maximum atomic E-state index is 12.9. The van der Waals surface area contributed by atoms with Crippen LogP contribution in [0.2, 0.25) is 10.0 Å². The van der Waals surface area contributed by atoms with Crippen LogP contribution in [-0.2, 0) is 4.79 Å². The highest BCUT2D eigenvalue weighted by atomic mass is 35.5. The third-order valence-electron chi connectivity index (χ3n) is 7.54. The SMILES string of the molecule is C=CC(C=C)COc1cc(OC2CCN(C(=O)CCN3CCN(c4ccc(Cl)c(Cl)c4)CC3)CC2)ccc1[N+](=O)[O-]. The first kappa shape index (κ1) is 30.7. The Morgan fingerprint density at radius 1 is 1.02 bits per heavy atom. The smallest absolute Gasteiger partial charge is 0.311 e. The van der Waals surface area contributed by atoms with Crippen LogP contribution in [0.1, 0.15) is 19.3 Å². The number of hydrogen-bond donors (Lipinski definition) is 0. The van der Waals surface area contributed by atoms with Crippen molar-refractivity contribution >= 4 is 40.5 Å². The molecule has 2 saturated heterocycles. The summed E-state index contributed by atoms with van der Waals surface area (Å²) in [5.41, 5.74) is 0.937. The molecule has 2 fully saturated rings. The Balaban J connectivity index is 1.20. The molecular formula is C30H36Cl2N4O5. The Morgan fingerprint density at radius 3 is 2.37 bits per heavy atom. The first-order valence-corrected chi connectivity index (χ1v) is 14.6. The minimum absolute atomic E-state index is 0.0862. The van der Waals surface area contributed by atoms with Gasteiger partial charge in [-0.25, -0.2) is 0 Å². The predicted octanol–water partition coefficient (Wildman–Crippen LogP) is 5.85. The topological polar surface area (TPSA) is 88.4 Å². The fraction of sp³-hybridized carbons (Fsp3) is 0.433. The van der Waals surface area contributed by atoms with Crippen LogP contribution in [0, 0.1) is 16.0 Å². The van der Waals surface area contributed by atoms with Crippen molar-refractivity contribution in [2.24, 2.45) is 5.92 Å². The molecule has 0 saturated carbocycles. The molecule has 0 N–H and O–H groups in total. The molecular weight excluding hydrogens is 567 g/mol. The van der Waals surface area contributed by atoms with E-state index in [1.807, 2.05) is 23.1 Å². The molecule has 9 nitrogen and oxygen atoms in total. The van der Waals surface area contributed by atoms with Crippen molar-refractivity contribution in [3.63, 3.8) is 0 Å². The Hall–Kier alpha value is -3.27. The second-order valence-corrected chi connectivity index (χ2v) is 11.0. The first-order valence-electron chi connectivity index (χ1n) is 13.8. The molecule has 0 unspecified atom stereocenters. The second-order valence-electron chi connectivity index (χ2n) is 10.2. The number of amides is 1. The molecule has 2 aliphatic rings. The number of anilines is 1. The Kier molecular flexibility index (Phi) is 10.9. The lowest BCUT2D eigenvalue weighted by atomic mass is 10.1. The van der Waals surface area contributed by atoms with Gasteiger partial charge in [-0.1, -0.05) is 35.4 Å². The normalized spacial score (nSPS) is 16.5. The zero-order valence-corrected chi connectivity index (χ0v) is 24.6. The number of carbonyl (C=O) groups excluding carboxylic acids is 1. The van der Waals surface area contributed by atoms with Gasteiger partial charge in [-0.05, 0) is 24.3 Å². The van der Waals surface area contributed by atoms with Gasteiger partial charge in [0.05, 0.1) is 21.6 Å². The van der Waals surface area contributed by atoms with Crippen LogP contribution in [0.25, 0.3) is 0 Å². The molecule has 220 valence electrons. The molecule has 2 heterocycles. The molecule has 2 aromatic rings. The van der Waals surface area contributed by atoms with Gasteiger partial charge in [-0.3, -0.25) is 19.8 Å². The molecule has 0 radical (unpaired) electrons. The lowest BCUT2D eigenvalue weighted by Gasteiger charge is -2.37. The summed E-state index contributed by atoms with van der Waals surface area (Å²) in [6, 6.07) is 10.2. The van der Waals surface area contributed by atoms with Gasteiger partial charge in [0.25, 0.3) is 0 Å². The van der Waals surface area contributed by atoms with Crippen LogP contribution in [0.3, 0.4) is 0 Å². The number of nitro benzene ring substituents is 1. The summed E-state index contributed by atoms with van der Waals surface area (Å²) in [5, 5.41) is 12.6. The monoisotopic (exact) mass is 602 g/mol. The van der Waals surface area contributed by atoms with E-state index in [-0.39, 0.29) is 36.0 Å². The largest absolute Gasteiger partial charge is 0.490 e. The maximum Gasteiger partial charge on any atom is 0.311 e. The minimum atomic E-state index is -0.477. The molecule has 2 aromatic carbocycles. The van der Waals surface area contributed by atoms with Crippen molar-refractivity contribution in [2.75, 3.05) is 57.3 Å². The lowest BCUT2D eigenvalue weighted by Crippen LogP contribution is -2.48. The standard InChI is InChI=1S/C30H36Cl2N4O5/c1-3-22(4-2)21-40-29-20-25(6-8-28(29)36(38)39)41-24-9-13-35(14-10-24)30(37)11-12-33-15-17-34(18-16-33)23-5-7-26(31)27(32)19-23/h3-8,19-20,22,24H,1-2,9-18,21H2. The number of nitro groups is 1. The maximum absolute atomic E-state index is 12.9. The van der Waals surface area contributed by atoms with Gasteiger partial charge in [0.15, 0.2) is 0 Å². The van der Waals surface area contributed by atoms with Crippen molar-refractivity contribution in [1.29, 1.82) is 0 Å². The number of rotatable bonds is 12. The number of piperidine rings is 1. The van der Waals surface area contributed by atoms with Crippen molar-refractivity contribution in [3.8, 4) is 11.5 Å². The Bertz CT molecular complexity index is 1240. The van der Waals surface area contributed by atoms with E-state index in [2.05, 4.69) is 23.0 Å². The quantitative estimate of drug-likeness (QED) is 0.171. The van der Waals surface area contributed by atoms with Crippen LogP contribution < -0.4 is 14.4 Å². The Labute approximate surface area is 251 Å². The van der Waals surface area contributed by atoms with E-state index < -0.39 is 4.92 Å². The van der Waals surface area contributed by atoms with Gasteiger partial charge < -0.3 is 19.3 Å². The average molecular weight is 604 g/mol. The first-order chi connectivity index (χ1) is 19.8. The molecule has 41 heavy (non-hydrogen) atoms. The summed E-state index contributed by atoms with van der Waals surface area (Å²) >= 11 is 12.2. The van der Waals surface area contributed by atoms with Crippen molar-refractivity contribution in [2.45, 2.75) is 25.4 Å². The molecule has 1 amide bonds. The molecule has 4 rings (SSSR count). The lowest BCUT2D eigenvalue weighted by molar-refractivity contribution is -0.385. The van der Waals surface area contributed by atoms with Gasteiger partial charge in [-0.15, -0.1) is 13.2 Å².